The van der Waals surface area contributed by atoms with Gasteiger partial charge in [0.1, 0.15) is 22.7 Å². The summed E-state index contributed by atoms with van der Waals surface area (Å²) in [7, 11) is 0. The van der Waals surface area contributed by atoms with Gasteiger partial charge in [0.25, 0.3) is 0 Å². The highest BCUT2D eigenvalue weighted by atomic mass is 16.6. The zero-order chi connectivity index (χ0) is 26.5. The molecule has 190 valence electrons. The van der Waals surface area contributed by atoms with Gasteiger partial charge in [-0.25, -0.2) is 4.79 Å². The summed E-state index contributed by atoms with van der Waals surface area (Å²) in [5.74, 6) is 0.953. The van der Waals surface area contributed by atoms with Gasteiger partial charge < -0.3 is 14.6 Å². The van der Waals surface area contributed by atoms with E-state index in [0.717, 1.165) is 36.1 Å². The van der Waals surface area contributed by atoms with Crippen LogP contribution >= 0.6 is 0 Å². The third kappa shape index (κ3) is 11.1. The van der Waals surface area contributed by atoms with Crippen molar-refractivity contribution in [3.8, 4) is 11.5 Å². The van der Waals surface area contributed by atoms with Gasteiger partial charge in [-0.3, -0.25) is 0 Å². The van der Waals surface area contributed by atoms with Crippen LogP contribution in [-0.4, -0.2) is 22.3 Å². The minimum absolute atomic E-state index is 0.129. The van der Waals surface area contributed by atoms with E-state index in [4.69, 9.17) is 14.6 Å². The first-order valence-corrected chi connectivity index (χ1v) is 12.2. The van der Waals surface area contributed by atoms with Crippen molar-refractivity contribution in [1.82, 2.24) is 0 Å². The number of esters is 1. The lowest BCUT2D eigenvalue weighted by Crippen LogP contribution is -2.31. The molecule has 3 rings (SSSR count). The Balaban J connectivity index is 0.000000267. The second kappa shape index (κ2) is 14.2. The minimum atomic E-state index is -0.233. The molecular weight excluding hydrogens is 436 g/mol. The van der Waals surface area contributed by atoms with E-state index in [1.165, 1.54) is 12.8 Å². The normalized spacial score (nSPS) is 13.7. The van der Waals surface area contributed by atoms with Crippen molar-refractivity contribution in [2.75, 3.05) is 0 Å². The predicted molar refractivity (Wildman–Crippen MR) is 148 cm³/mol. The van der Waals surface area contributed by atoms with E-state index in [1.807, 2.05) is 63.2 Å². The van der Waals surface area contributed by atoms with Gasteiger partial charge in [0, 0.05) is 11.1 Å². The minimum Gasteiger partial charge on any atom is -0.507 e. The Hall–Kier alpha value is -3.27. The van der Waals surface area contributed by atoms with Crippen LogP contribution in [0.15, 0.2) is 73.8 Å². The predicted octanol–water partition coefficient (Wildman–Crippen LogP) is 8.37. The van der Waals surface area contributed by atoms with Gasteiger partial charge in [-0.05, 0) is 83.6 Å². The number of rotatable bonds is 6. The Morgan fingerprint density at radius 2 is 1.60 bits per heavy atom. The highest BCUT2D eigenvalue weighted by Crippen LogP contribution is 2.36. The first-order valence-electron chi connectivity index (χ1n) is 12.2. The number of hydrogen-bond acceptors (Lipinski definition) is 4. The van der Waals surface area contributed by atoms with Gasteiger partial charge >= 0.3 is 5.97 Å². The zero-order valence-corrected chi connectivity index (χ0v) is 22.1. The van der Waals surface area contributed by atoms with Crippen LogP contribution in [0.3, 0.4) is 0 Å². The number of para-hydroxylation sites is 1. The van der Waals surface area contributed by atoms with Crippen molar-refractivity contribution in [2.45, 2.75) is 77.9 Å². The molecule has 1 fully saturated rings. The summed E-state index contributed by atoms with van der Waals surface area (Å²) < 4.78 is 11.1. The molecule has 1 aliphatic carbocycles. The molecule has 4 heteroatoms. The van der Waals surface area contributed by atoms with E-state index in [1.54, 1.807) is 25.1 Å². The molecule has 2 aromatic rings. The Morgan fingerprint density at radius 1 is 1.03 bits per heavy atom. The van der Waals surface area contributed by atoms with Gasteiger partial charge in [-0.15, -0.1) is 0 Å². The van der Waals surface area contributed by atoms with Crippen LogP contribution in [0.1, 0.15) is 77.8 Å². The highest BCUT2D eigenvalue weighted by molar-refractivity contribution is 5.87. The fourth-order valence-electron chi connectivity index (χ4n) is 3.52. The number of aromatic hydroxyl groups is 1. The van der Waals surface area contributed by atoms with Gasteiger partial charge in [0.2, 0.25) is 0 Å². The fourth-order valence-corrected chi connectivity index (χ4v) is 3.52. The molecule has 4 nitrogen and oxygen atoms in total. The van der Waals surface area contributed by atoms with Gasteiger partial charge in [0.15, 0.2) is 0 Å². The summed E-state index contributed by atoms with van der Waals surface area (Å²) in [5, 5.41) is 9.04. The third-order valence-electron chi connectivity index (χ3n) is 5.51. The summed E-state index contributed by atoms with van der Waals surface area (Å²) in [5.41, 5.74) is 2.09. The molecule has 1 saturated carbocycles. The molecule has 0 spiro atoms. The van der Waals surface area contributed by atoms with Gasteiger partial charge in [-0.2, -0.15) is 0 Å². The first-order chi connectivity index (χ1) is 16.4. The second-order valence-corrected chi connectivity index (χ2v) is 9.66. The van der Waals surface area contributed by atoms with Crippen LogP contribution < -0.4 is 4.74 Å². The molecule has 2 aromatic carbocycles. The Morgan fingerprint density at radius 3 is 2.00 bits per heavy atom. The number of phenolic OH excluding ortho intramolecular Hbond substituents is 1. The Kier molecular flexibility index (Phi) is 12.1. The number of carbonyl (C=O) groups is 1. The number of hydrogen-bond donors (Lipinski definition) is 1. The lowest BCUT2D eigenvalue weighted by atomic mass is 9.99. The number of phenols is 1. The molecule has 0 bridgehead atoms. The molecule has 1 aliphatic rings. The fraction of sp³-hybridized carbons (Fsp3) is 0.387. The lowest BCUT2D eigenvalue weighted by Gasteiger charge is -2.27. The number of benzene rings is 2. The maximum Gasteiger partial charge on any atom is 0.333 e. The lowest BCUT2D eigenvalue weighted by molar-refractivity contribution is -0.154. The van der Waals surface area contributed by atoms with E-state index in [2.05, 4.69) is 26.7 Å². The summed E-state index contributed by atoms with van der Waals surface area (Å²) in [6.07, 6.45) is 8.75. The van der Waals surface area contributed by atoms with Crippen LogP contribution in [0.2, 0.25) is 0 Å². The van der Waals surface area contributed by atoms with Crippen molar-refractivity contribution in [2.24, 2.45) is 0 Å². The third-order valence-corrected chi connectivity index (χ3v) is 5.51. The summed E-state index contributed by atoms with van der Waals surface area (Å²) >= 11 is 0. The van der Waals surface area contributed by atoms with E-state index in [0.29, 0.717) is 5.57 Å². The van der Waals surface area contributed by atoms with Gasteiger partial charge in [0.05, 0.1) is 0 Å². The zero-order valence-electron chi connectivity index (χ0n) is 22.1. The van der Waals surface area contributed by atoms with Crippen molar-refractivity contribution >= 4 is 18.1 Å². The van der Waals surface area contributed by atoms with Crippen LogP contribution in [0.5, 0.6) is 11.5 Å². The molecule has 0 radical (unpaired) electrons. The standard InChI is InChI=1S/C12H16O.C11H18O2.C8H8O/c1-5-10-6-8-11(9-7-10)13-12(2,3)4;1-4-11(7-5-6-8-11)13-10(12)9(2)3;1-2-7-5-3-4-6-8(7)9/h5-9H,1H2,2-4H3;2,4-8H2,1,3H3;2-6,9H,1H2. The van der Waals surface area contributed by atoms with Crippen molar-refractivity contribution in [3.63, 3.8) is 0 Å². The molecule has 1 N–H and O–H groups in total. The second-order valence-electron chi connectivity index (χ2n) is 9.66. The van der Waals surface area contributed by atoms with Gasteiger partial charge in [-0.1, -0.05) is 69.1 Å². The van der Waals surface area contributed by atoms with Crippen molar-refractivity contribution in [3.05, 3.63) is 85.0 Å². The molecule has 0 amide bonds. The summed E-state index contributed by atoms with van der Waals surface area (Å²) in [6.45, 7) is 20.7. The maximum absolute atomic E-state index is 11.3. The van der Waals surface area contributed by atoms with E-state index in [-0.39, 0.29) is 22.9 Å². The average molecular weight is 479 g/mol. The number of ether oxygens (including phenoxy) is 2. The molecule has 0 atom stereocenters. The topological polar surface area (TPSA) is 55.8 Å². The molecular formula is C31H42O4. The average Bonchev–Trinajstić information content (AvgIpc) is 3.28. The Labute approximate surface area is 212 Å². The first kappa shape index (κ1) is 29.8. The maximum atomic E-state index is 11.3. The SMILES string of the molecule is C=C(C)C(=O)OC1(CC)CCCC1.C=Cc1ccc(OC(C)(C)C)cc1.C=Cc1ccccc1O. The number of carbonyl (C=O) groups excluding carboxylic acids is 1. The summed E-state index contributed by atoms with van der Waals surface area (Å²) in [4.78, 5) is 11.3. The smallest absolute Gasteiger partial charge is 0.333 e. The Bertz CT molecular complexity index is 958. The molecule has 0 unspecified atom stereocenters. The van der Waals surface area contributed by atoms with Crippen LogP contribution in [0.25, 0.3) is 12.2 Å². The summed E-state index contributed by atoms with van der Waals surface area (Å²) in [6, 6.07) is 15.0. The van der Waals surface area contributed by atoms with Crippen LogP contribution in [0.4, 0.5) is 0 Å². The monoisotopic (exact) mass is 478 g/mol. The van der Waals surface area contributed by atoms with Crippen LogP contribution in [-0.2, 0) is 9.53 Å². The van der Waals surface area contributed by atoms with Crippen molar-refractivity contribution in [1.29, 1.82) is 0 Å². The van der Waals surface area contributed by atoms with Crippen molar-refractivity contribution < 1.29 is 19.4 Å². The van der Waals surface area contributed by atoms with E-state index in [9.17, 15) is 4.79 Å². The van der Waals surface area contributed by atoms with E-state index < -0.39 is 0 Å². The molecule has 0 saturated heterocycles. The quantitative estimate of drug-likeness (QED) is 0.335. The molecule has 0 aliphatic heterocycles. The molecule has 0 aromatic heterocycles. The molecule has 35 heavy (non-hydrogen) atoms. The largest absolute Gasteiger partial charge is 0.507 e. The van der Waals surface area contributed by atoms with E-state index >= 15 is 0 Å². The molecule has 0 heterocycles. The highest BCUT2D eigenvalue weighted by Gasteiger charge is 2.35. The van der Waals surface area contributed by atoms with Crippen LogP contribution in [0, 0.1) is 0 Å².